The molecule has 1 aliphatic heterocycles. The minimum Gasteiger partial charge on any atom is -0.481 e. The molecule has 0 saturated carbocycles. The van der Waals surface area contributed by atoms with E-state index in [1.807, 2.05) is 38.1 Å². The van der Waals surface area contributed by atoms with Gasteiger partial charge in [0.2, 0.25) is 11.8 Å². The summed E-state index contributed by atoms with van der Waals surface area (Å²) in [6, 6.07) is 4.73. The molecular weight excluding hydrogens is 416 g/mol. The van der Waals surface area contributed by atoms with E-state index in [4.69, 9.17) is 5.11 Å². The van der Waals surface area contributed by atoms with Gasteiger partial charge in [-0.2, -0.15) is 0 Å². The molecule has 3 rings (SSSR count). The molecule has 2 amide bonds. The topological polar surface area (TPSA) is 161 Å². The summed E-state index contributed by atoms with van der Waals surface area (Å²) in [7, 11) is 0. The highest BCUT2D eigenvalue weighted by molar-refractivity contribution is 5.93. The Morgan fingerprint density at radius 2 is 1.81 bits per heavy atom. The molecule has 2 aromatic rings. The molecule has 6 N–H and O–H groups in total. The second-order valence-electron chi connectivity index (χ2n) is 8.45. The molecule has 0 spiro atoms. The first kappa shape index (κ1) is 23.3. The number of fused-ring (bicyclic) bond motifs is 3. The summed E-state index contributed by atoms with van der Waals surface area (Å²) in [5.41, 5.74) is 3.07. The van der Waals surface area contributed by atoms with Crippen LogP contribution in [0.25, 0.3) is 10.9 Å². The molecule has 32 heavy (non-hydrogen) atoms. The minimum absolute atomic E-state index is 0.0355. The van der Waals surface area contributed by atoms with E-state index in [1.165, 1.54) is 0 Å². The first-order valence-electron chi connectivity index (χ1n) is 10.5. The molecule has 0 unspecified atom stereocenters. The van der Waals surface area contributed by atoms with E-state index in [2.05, 4.69) is 20.9 Å². The van der Waals surface area contributed by atoms with Crippen LogP contribution in [0.4, 0.5) is 0 Å². The van der Waals surface area contributed by atoms with Crippen molar-refractivity contribution in [1.29, 1.82) is 0 Å². The molecule has 1 aromatic heterocycles. The fourth-order valence-electron chi connectivity index (χ4n) is 3.95. The maximum Gasteiger partial charge on any atom is 0.326 e. The van der Waals surface area contributed by atoms with Crippen LogP contribution in [0.15, 0.2) is 24.3 Å². The average Bonchev–Trinajstić information content (AvgIpc) is 3.09. The Hall–Kier alpha value is -3.40. The lowest BCUT2D eigenvalue weighted by Gasteiger charge is -2.27. The molecule has 1 aliphatic rings. The predicted molar refractivity (Wildman–Crippen MR) is 116 cm³/mol. The van der Waals surface area contributed by atoms with Crippen molar-refractivity contribution < 1.29 is 29.4 Å². The average molecular weight is 444 g/mol. The Morgan fingerprint density at radius 3 is 2.47 bits per heavy atom. The molecule has 3 atom stereocenters. The third-order valence-corrected chi connectivity index (χ3v) is 5.49. The largest absolute Gasteiger partial charge is 0.481 e. The third-order valence-electron chi connectivity index (χ3n) is 5.49. The number of aromatic nitrogens is 1. The van der Waals surface area contributed by atoms with Gasteiger partial charge in [-0.25, -0.2) is 4.79 Å². The number of amides is 2. The summed E-state index contributed by atoms with van der Waals surface area (Å²) in [5.74, 6) is -3.84. The summed E-state index contributed by atoms with van der Waals surface area (Å²) < 4.78 is 0. The zero-order valence-electron chi connectivity index (χ0n) is 18.0. The van der Waals surface area contributed by atoms with Gasteiger partial charge < -0.3 is 25.8 Å². The Kier molecular flexibility index (Phi) is 7.14. The van der Waals surface area contributed by atoms with E-state index in [0.717, 1.165) is 22.2 Å². The van der Waals surface area contributed by atoms with Gasteiger partial charge in [0.1, 0.15) is 12.1 Å². The fourth-order valence-corrected chi connectivity index (χ4v) is 3.95. The Labute approximate surface area is 184 Å². The minimum atomic E-state index is -1.58. The zero-order valence-corrected chi connectivity index (χ0v) is 18.0. The number of carboxylic acids is 2. The Balaban J connectivity index is 1.71. The van der Waals surface area contributed by atoms with Crippen LogP contribution in [-0.4, -0.2) is 57.1 Å². The predicted octanol–water partition coefficient (Wildman–Crippen LogP) is 0.757. The van der Waals surface area contributed by atoms with Crippen molar-refractivity contribution >= 4 is 34.7 Å². The van der Waals surface area contributed by atoms with Gasteiger partial charge in [-0.3, -0.25) is 19.7 Å². The summed E-state index contributed by atoms with van der Waals surface area (Å²) >= 11 is 0. The second-order valence-corrected chi connectivity index (χ2v) is 8.45. The number of para-hydroxylation sites is 1. The van der Waals surface area contributed by atoms with Crippen molar-refractivity contribution in [3.63, 3.8) is 0 Å². The second kappa shape index (κ2) is 9.82. The molecule has 0 aliphatic carbocycles. The summed E-state index contributed by atoms with van der Waals surface area (Å²) in [6.45, 7) is 4.22. The van der Waals surface area contributed by atoms with Crippen LogP contribution >= 0.6 is 0 Å². The number of rotatable bonds is 9. The lowest BCUT2D eigenvalue weighted by Crippen LogP contribution is -2.56. The molecule has 0 saturated heterocycles. The molecule has 0 fully saturated rings. The number of aromatic amines is 1. The van der Waals surface area contributed by atoms with Crippen LogP contribution in [-0.2, 0) is 32.1 Å². The van der Waals surface area contributed by atoms with E-state index in [-0.39, 0.29) is 18.2 Å². The van der Waals surface area contributed by atoms with Crippen LogP contribution in [0.5, 0.6) is 0 Å². The van der Waals surface area contributed by atoms with Crippen molar-refractivity contribution in [3.05, 3.63) is 35.5 Å². The maximum absolute atomic E-state index is 13.0. The van der Waals surface area contributed by atoms with E-state index >= 15 is 0 Å². The number of benzene rings is 1. The van der Waals surface area contributed by atoms with E-state index in [9.17, 15) is 24.3 Å². The number of nitrogens with one attached hydrogen (secondary N) is 4. The van der Waals surface area contributed by atoms with Gasteiger partial charge in [-0.1, -0.05) is 32.0 Å². The number of carbonyl (C=O) groups excluding carboxylic acids is 2. The summed E-state index contributed by atoms with van der Waals surface area (Å²) in [4.78, 5) is 51.3. The molecular formula is C22H28N4O6. The number of H-pyrrole nitrogens is 1. The Morgan fingerprint density at radius 1 is 1.09 bits per heavy atom. The highest BCUT2D eigenvalue weighted by Gasteiger charge is 2.32. The number of hydrogen-bond donors (Lipinski definition) is 6. The van der Waals surface area contributed by atoms with Crippen molar-refractivity contribution in [1.82, 2.24) is 20.9 Å². The van der Waals surface area contributed by atoms with Gasteiger partial charge >= 0.3 is 11.9 Å². The Bertz CT molecular complexity index is 1030. The number of carboxylic acid groups (broad SMARTS) is 2. The smallest absolute Gasteiger partial charge is 0.326 e. The lowest BCUT2D eigenvalue weighted by molar-refractivity contribution is -0.147. The summed E-state index contributed by atoms with van der Waals surface area (Å²) in [5, 5.41) is 27.3. The standard InChI is InChI=1S/C22H28N4O6/c1-11(2)7-16(21(30)26-17(22(31)32)9-19(27)28)25-20(29)15-8-13-12-5-3-4-6-14(12)24-18(13)10-23-15/h3-6,11,15-17,23-24H,7-10H2,1-2H3,(H,25,29)(H,26,30)(H,27,28)(H,31,32)/t15-,16+,17+/m1/s1. The molecule has 10 nitrogen and oxygen atoms in total. The van der Waals surface area contributed by atoms with E-state index < -0.39 is 42.4 Å². The normalized spacial score (nSPS) is 17.4. The fraction of sp³-hybridized carbons (Fsp3) is 0.455. The number of carbonyl (C=O) groups is 4. The molecule has 172 valence electrons. The number of aliphatic carboxylic acids is 2. The first-order chi connectivity index (χ1) is 15.2. The molecule has 10 heteroatoms. The van der Waals surface area contributed by atoms with Crippen LogP contribution < -0.4 is 16.0 Å². The molecule has 2 heterocycles. The quantitative estimate of drug-likeness (QED) is 0.333. The highest BCUT2D eigenvalue weighted by Crippen LogP contribution is 2.26. The molecule has 0 bridgehead atoms. The zero-order chi connectivity index (χ0) is 23.4. The van der Waals surface area contributed by atoms with Gasteiger partial charge in [-0.05, 0) is 30.4 Å². The van der Waals surface area contributed by atoms with Gasteiger partial charge in [0.05, 0.1) is 12.5 Å². The number of hydrogen-bond acceptors (Lipinski definition) is 5. The molecule has 1 aromatic carbocycles. The van der Waals surface area contributed by atoms with Crippen LogP contribution in [0.2, 0.25) is 0 Å². The van der Waals surface area contributed by atoms with Crippen molar-refractivity contribution in [2.45, 2.75) is 57.8 Å². The highest BCUT2D eigenvalue weighted by atomic mass is 16.4. The van der Waals surface area contributed by atoms with Crippen molar-refractivity contribution in [3.8, 4) is 0 Å². The SMILES string of the molecule is CC(C)C[C@H](NC(=O)[C@H]1Cc2c([nH]c3ccccc23)CN1)C(=O)N[C@@H](CC(=O)O)C(=O)O. The van der Waals surface area contributed by atoms with Gasteiger partial charge in [0.15, 0.2) is 0 Å². The lowest BCUT2D eigenvalue weighted by atomic mass is 9.97. The maximum atomic E-state index is 13.0. The van der Waals surface area contributed by atoms with Gasteiger partial charge in [0.25, 0.3) is 0 Å². The van der Waals surface area contributed by atoms with Crippen LogP contribution in [0.3, 0.4) is 0 Å². The molecule has 0 radical (unpaired) electrons. The van der Waals surface area contributed by atoms with Gasteiger partial charge in [-0.15, -0.1) is 0 Å². The van der Waals surface area contributed by atoms with Crippen molar-refractivity contribution in [2.75, 3.05) is 0 Å². The van der Waals surface area contributed by atoms with Crippen LogP contribution in [0.1, 0.15) is 37.9 Å². The monoisotopic (exact) mass is 444 g/mol. The van der Waals surface area contributed by atoms with E-state index in [1.54, 1.807) is 0 Å². The van der Waals surface area contributed by atoms with E-state index in [0.29, 0.717) is 13.0 Å². The summed E-state index contributed by atoms with van der Waals surface area (Å²) in [6.07, 6.45) is -0.0308. The van der Waals surface area contributed by atoms with Crippen LogP contribution in [0, 0.1) is 5.92 Å². The van der Waals surface area contributed by atoms with Gasteiger partial charge in [0, 0.05) is 23.1 Å². The van der Waals surface area contributed by atoms with Crippen molar-refractivity contribution in [2.24, 2.45) is 5.92 Å². The third kappa shape index (κ3) is 5.44. The first-order valence-corrected chi connectivity index (χ1v) is 10.5.